The second kappa shape index (κ2) is 4.93. The summed E-state index contributed by atoms with van der Waals surface area (Å²) in [6.45, 7) is 0.648. The zero-order valence-corrected chi connectivity index (χ0v) is 10.5. The second-order valence-corrected chi connectivity index (χ2v) is 5.26. The van der Waals surface area contributed by atoms with Gasteiger partial charge in [-0.05, 0) is 24.3 Å². The minimum atomic E-state index is 0.111. The maximum Gasteiger partial charge on any atom is 0.254 e. The van der Waals surface area contributed by atoms with Crippen molar-refractivity contribution in [3.63, 3.8) is 0 Å². The summed E-state index contributed by atoms with van der Waals surface area (Å²) >= 11 is 6.39. The fourth-order valence-corrected chi connectivity index (χ4v) is 2.34. The van der Waals surface area contributed by atoms with E-state index in [0.717, 1.165) is 18.4 Å². The molecule has 1 aromatic rings. The van der Waals surface area contributed by atoms with Gasteiger partial charge in [-0.15, -0.1) is 0 Å². The average Bonchev–Trinajstić information content (AvgIpc) is 2.93. The summed E-state index contributed by atoms with van der Waals surface area (Å²) in [7, 11) is 0. The van der Waals surface area contributed by atoms with E-state index in [4.69, 9.17) is 18.0 Å². The molecule has 1 aliphatic rings. The Kier molecular flexibility index (Phi) is 3.56. The highest BCUT2D eigenvalue weighted by atomic mass is 32.1. The molecule has 1 heterocycles. The number of carbonyl (C=O) groups excluding carboxylic acids is 1. The van der Waals surface area contributed by atoms with E-state index in [-0.39, 0.29) is 5.91 Å². The first-order valence-electron chi connectivity index (χ1n) is 5.30. The van der Waals surface area contributed by atoms with Gasteiger partial charge in [0, 0.05) is 24.4 Å². The van der Waals surface area contributed by atoms with Gasteiger partial charge in [-0.3, -0.25) is 4.79 Å². The Balaban J connectivity index is 2.01. The Morgan fingerprint density at radius 1 is 1.62 bits per heavy atom. The molecule has 0 spiro atoms. The van der Waals surface area contributed by atoms with Crippen LogP contribution in [-0.2, 0) is 0 Å². The molecule has 1 fully saturated rings. The van der Waals surface area contributed by atoms with E-state index in [2.05, 4.69) is 0 Å². The predicted octanol–water partition coefficient (Wildman–Crippen LogP) is 2.03. The van der Waals surface area contributed by atoms with Crippen molar-refractivity contribution in [1.29, 1.82) is 0 Å². The molecule has 1 aromatic heterocycles. The van der Waals surface area contributed by atoms with Gasteiger partial charge in [-0.1, -0.05) is 12.2 Å². The van der Waals surface area contributed by atoms with Gasteiger partial charge >= 0.3 is 0 Å². The third-order valence-corrected chi connectivity index (χ3v) is 3.50. The van der Waals surface area contributed by atoms with Gasteiger partial charge in [0.2, 0.25) is 0 Å². The maximum absolute atomic E-state index is 12.1. The molecule has 5 heteroatoms. The minimum Gasteiger partial charge on any atom is -0.393 e. The van der Waals surface area contributed by atoms with Crippen molar-refractivity contribution in [1.82, 2.24) is 4.90 Å². The van der Waals surface area contributed by atoms with Crippen molar-refractivity contribution < 1.29 is 4.79 Å². The van der Waals surface area contributed by atoms with Gasteiger partial charge in [0.1, 0.15) is 0 Å². The molecular weight excluding hydrogens is 240 g/mol. The van der Waals surface area contributed by atoms with Crippen LogP contribution in [0.15, 0.2) is 16.8 Å². The van der Waals surface area contributed by atoms with Crippen LogP contribution in [0.1, 0.15) is 29.6 Å². The molecule has 0 aliphatic heterocycles. The summed E-state index contributed by atoms with van der Waals surface area (Å²) in [5.74, 6) is 0.111. The van der Waals surface area contributed by atoms with Crippen molar-refractivity contribution in [2.24, 2.45) is 5.73 Å². The molecule has 0 aromatic carbocycles. The summed E-state index contributed by atoms with van der Waals surface area (Å²) < 4.78 is 0. The number of thiocarbonyl (C=S) groups is 1. The summed E-state index contributed by atoms with van der Waals surface area (Å²) in [5.41, 5.74) is 6.25. The minimum absolute atomic E-state index is 0.111. The Morgan fingerprint density at radius 3 is 2.88 bits per heavy atom. The van der Waals surface area contributed by atoms with Gasteiger partial charge in [0.05, 0.1) is 10.6 Å². The second-order valence-electron chi connectivity index (χ2n) is 3.96. The molecule has 3 nitrogen and oxygen atoms in total. The zero-order valence-electron chi connectivity index (χ0n) is 8.89. The van der Waals surface area contributed by atoms with E-state index in [0.29, 0.717) is 24.0 Å². The van der Waals surface area contributed by atoms with Crippen LogP contribution in [0.2, 0.25) is 0 Å². The van der Waals surface area contributed by atoms with Crippen LogP contribution in [0, 0.1) is 0 Å². The molecule has 1 aliphatic carbocycles. The lowest BCUT2D eigenvalue weighted by molar-refractivity contribution is 0.0748. The molecule has 2 rings (SSSR count). The van der Waals surface area contributed by atoms with Crippen molar-refractivity contribution in [2.45, 2.75) is 25.3 Å². The molecule has 1 saturated carbocycles. The highest BCUT2D eigenvalue weighted by molar-refractivity contribution is 7.80. The van der Waals surface area contributed by atoms with Crippen LogP contribution in [-0.4, -0.2) is 28.4 Å². The van der Waals surface area contributed by atoms with E-state index >= 15 is 0 Å². The quantitative estimate of drug-likeness (QED) is 0.818. The van der Waals surface area contributed by atoms with E-state index in [1.165, 1.54) is 0 Å². The Morgan fingerprint density at radius 2 is 2.38 bits per heavy atom. The number of nitrogens with zero attached hydrogens (tertiary/aromatic N) is 1. The summed E-state index contributed by atoms with van der Waals surface area (Å²) in [6, 6.07) is 2.27. The number of amides is 1. The van der Waals surface area contributed by atoms with Crippen molar-refractivity contribution in [3.05, 3.63) is 22.4 Å². The Labute approximate surface area is 104 Å². The lowest BCUT2D eigenvalue weighted by Gasteiger charge is -2.21. The number of rotatable bonds is 5. The van der Waals surface area contributed by atoms with Gasteiger partial charge in [0.15, 0.2) is 0 Å². The van der Waals surface area contributed by atoms with Gasteiger partial charge in [0.25, 0.3) is 5.91 Å². The highest BCUT2D eigenvalue weighted by Crippen LogP contribution is 2.28. The van der Waals surface area contributed by atoms with E-state index in [9.17, 15) is 4.79 Å². The van der Waals surface area contributed by atoms with E-state index < -0.39 is 0 Å². The SMILES string of the molecule is NC(=S)CCN(C(=O)c1ccsc1)C1CC1. The fourth-order valence-electron chi connectivity index (χ4n) is 1.62. The van der Waals surface area contributed by atoms with E-state index in [1.54, 1.807) is 11.3 Å². The molecule has 0 bridgehead atoms. The van der Waals surface area contributed by atoms with Crippen LogP contribution < -0.4 is 5.73 Å². The molecule has 0 radical (unpaired) electrons. The van der Waals surface area contributed by atoms with Gasteiger partial charge in [-0.25, -0.2) is 0 Å². The topological polar surface area (TPSA) is 46.3 Å². The third-order valence-electron chi connectivity index (χ3n) is 2.62. The summed E-state index contributed by atoms with van der Waals surface area (Å²) in [4.78, 5) is 14.5. The van der Waals surface area contributed by atoms with Crippen molar-refractivity contribution in [3.8, 4) is 0 Å². The highest BCUT2D eigenvalue weighted by Gasteiger charge is 2.32. The number of nitrogens with two attached hydrogens (primary N) is 1. The first-order chi connectivity index (χ1) is 7.68. The zero-order chi connectivity index (χ0) is 11.5. The standard InChI is InChI=1S/C11H14N2OS2/c12-10(15)3-5-13(9-1-2-9)11(14)8-4-6-16-7-8/h4,6-7,9H,1-3,5H2,(H2,12,15). The molecule has 1 amide bonds. The molecule has 2 N–H and O–H groups in total. The van der Waals surface area contributed by atoms with Crippen LogP contribution in [0.3, 0.4) is 0 Å². The molecule has 0 saturated heterocycles. The molecule has 16 heavy (non-hydrogen) atoms. The van der Waals surface area contributed by atoms with Gasteiger partial charge in [-0.2, -0.15) is 11.3 Å². The predicted molar refractivity (Wildman–Crippen MR) is 69.8 cm³/mol. The average molecular weight is 254 g/mol. The largest absolute Gasteiger partial charge is 0.393 e. The summed E-state index contributed by atoms with van der Waals surface area (Å²) in [6.07, 6.45) is 2.82. The smallest absolute Gasteiger partial charge is 0.254 e. The molecule has 86 valence electrons. The third kappa shape index (κ3) is 2.80. The summed E-state index contributed by atoms with van der Waals surface area (Å²) in [5, 5.41) is 3.81. The monoisotopic (exact) mass is 254 g/mol. The Hall–Kier alpha value is -0.940. The van der Waals surface area contributed by atoms with Crippen LogP contribution in [0.25, 0.3) is 0 Å². The number of hydrogen-bond acceptors (Lipinski definition) is 3. The van der Waals surface area contributed by atoms with Crippen molar-refractivity contribution in [2.75, 3.05) is 6.54 Å². The van der Waals surface area contributed by atoms with Crippen molar-refractivity contribution >= 4 is 34.5 Å². The maximum atomic E-state index is 12.1. The van der Waals surface area contributed by atoms with Crippen LogP contribution in [0.4, 0.5) is 0 Å². The van der Waals surface area contributed by atoms with Gasteiger partial charge < -0.3 is 10.6 Å². The number of hydrogen-bond donors (Lipinski definition) is 1. The van der Waals surface area contributed by atoms with Crippen LogP contribution in [0.5, 0.6) is 0 Å². The lowest BCUT2D eigenvalue weighted by Crippen LogP contribution is -2.35. The number of carbonyl (C=O) groups is 1. The lowest BCUT2D eigenvalue weighted by atomic mass is 10.2. The normalized spacial score (nSPS) is 14.8. The molecule has 0 unspecified atom stereocenters. The Bertz CT molecular complexity index is 385. The molecule has 0 atom stereocenters. The fraction of sp³-hybridized carbons (Fsp3) is 0.455. The van der Waals surface area contributed by atoms with E-state index in [1.807, 2.05) is 21.7 Å². The number of thiophene rings is 1. The molecular formula is C11H14N2OS2. The first-order valence-corrected chi connectivity index (χ1v) is 6.65. The van der Waals surface area contributed by atoms with Crippen LogP contribution >= 0.6 is 23.6 Å². The first kappa shape index (κ1) is 11.5.